The van der Waals surface area contributed by atoms with Gasteiger partial charge in [-0.05, 0) is 61.7 Å². The standard InChI is InChI=1S/C22H23F2N3O3/c23-17-9-7-15(8-10-17)20(28)25-11-3-12-26-21(29)19-6-2-13-27(19)22(30)16-4-1-5-18(24)14-16/h1,4-5,7-10,14,19H,2-3,6,11-13H2,(H,25,28)(H,26,29)/t19-/m1/s1. The van der Waals surface area contributed by atoms with E-state index in [1.54, 1.807) is 0 Å². The normalized spacial score (nSPS) is 15.7. The summed E-state index contributed by atoms with van der Waals surface area (Å²) in [5.74, 6) is -1.85. The molecule has 0 unspecified atom stereocenters. The summed E-state index contributed by atoms with van der Waals surface area (Å²) in [5.41, 5.74) is 0.580. The summed E-state index contributed by atoms with van der Waals surface area (Å²) in [6.07, 6.45) is 1.75. The Morgan fingerprint density at radius 2 is 1.67 bits per heavy atom. The average Bonchev–Trinajstić information content (AvgIpc) is 3.23. The van der Waals surface area contributed by atoms with E-state index in [0.717, 1.165) is 0 Å². The molecule has 0 radical (unpaired) electrons. The zero-order valence-corrected chi connectivity index (χ0v) is 16.4. The lowest BCUT2D eigenvalue weighted by Crippen LogP contribution is -2.46. The van der Waals surface area contributed by atoms with Crippen LogP contribution in [0.5, 0.6) is 0 Å². The molecule has 0 bridgehead atoms. The van der Waals surface area contributed by atoms with Gasteiger partial charge >= 0.3 is 0 Å². The van der Waals surface area contributed by atoms with Crippen LogP contribution >= 0.6 is 0 Å². The zero-order chi connectivity index (χ0) is 21.5. The summed E-state index contributed by atoms with van der Waals surface area (Å²) in [6, 6.07) is 10.1. The molecule has 158 valence electrons. The predicted octanol–water partition coefficient (Wildman–Crippen LogP) is 2.51. The van der Waals surface area contributed by atoms with Crippen molar-refractivity contribution in [2.24, 2.45) is 0 Å². The molecule has 1 fully saturated rings. The first-order valence-corrected chi connectivity index (χ1v) is 9.84. The molecule has 1 atom stereocenters. The number of amides is 3. The van der Waals surface area contributed by atoms with Crippen molar-refractivity contribution in [2.45, 2.75) is 25.3 Å². The van der Waals surface area contributed by atoms with Crippen LogP contribution in [0.15, 0.2) is 48.5 Å². The highest BCUT2D eigenvalue weighted by Gasteiger charge is 2.34. The van der Waals surface area contributed by atoms with Gasteiger partial charge in [-0.2, -0.15) is 0 Å². The van der Waals surface area contributed by atoms with Crippen molar-refractivity contribution in [1.82, 2.24) is 15.5 Å². The third-order valence-corrected chi connectivity index (χ3v) is 4.93. The Balaban J connectivity index is 1.43. The van der Waals surface area contributed by atoms with E-state index in [0.29, 0.717) is 44.5 Å². The first-order chi connectivity index (χ1) is 14.5. The van der Waals surface area contributed by atoms with E-state index >= 15 is 0 Å². The highest BCUT2D eigenvalue weighted by molar-refractivity contribution is 5.98. The maximum atomic E-state index is 13.4. The van der Waals surface area contributed by atoms with Crippen molar-refractivity contribution < 1.29 is 23.2 Å². The lowest BCUT2D eigenvalue weighted by atomic mass is 10.1. The van der Waals surface area contributed by atoms with Gasteiger partial charge in [0, 0.05) is 30.8 Å². The van der Waals surface area contributed by atoms with E-state index in [9.17, 15) is 23.2 Å². The summed E-state index contributed by atoms with van der Waals surface area (Å²) in [6.45, 7) is 1.12. The minimum absolute atomic E-state index is 0.221. The van der Waals surface area contributed by atoms with Crippen LogP contribution in [-0.4, -0.2) is 48.3 Å². The van der Waals surface area contributed by atoms with Gasteiger partial charge in [-0.3, -0.25) is 14.4 Å². The highest BCUT2D eigenvalue weighted by Crippen LogP contribution is 2.20. The minimum atomic E-state index is -0.588. The Bertz CT molecular complexity index is 918. The van der Waals surface area contributed by atoms with Gasteiger partial charge in [0.25, 0.3) is 11.8 Å². The van der Waals surface area contributed by atoms with Gasteiger partial charge in [0.2, 0.25) is 5.91 Å². The van der Waals surface area contributed by atoms with E-state index in [1.165, 1.54) is 53.4 Å². The van der Waals surface area contributed by atoms with E-state index in [1.807, 2.05) is 0 Å². The van der Waals surface area contributed by atoms with Gasteiger partial charge in [0.05, 0.1) is 0 Å². The van der Waals surface area contributed by atoms with Crippen molar-refractivity contribution in [1.29, 1.82) is 0 Å². The van der Waals surface area contributed by atoms with Crippen LogP contribution in [0.1, 0.15) is 40.0 Å². The Hall–Kier alpha value is -3.29. The number of hydrogen-bond donors (Lipinski definition) is 2. The fourth-order valence-corrected chi connectivity index (χ4v) is 3.39. The van der Waals surface area contributed by atoms with Crippen molar-refractivity contribution in [2.75, 3.05) is 19.6 Å². The first kappa shape index (κ1) is 21.4. The Kier molecular flexibility index (Phi) is 7.11. The Morgan fingerprint density at radius 3 is 2.40 bits per heavy atom. The second kappa shape index (κ2) is 9.96. The number of carbonyl (C=O) groups excluding carboxylic acids is 3. The van der Waals surface area contributed by atoms with E-state index < -0.39 is 17.7 Å². The number of nitrogens with zero attached hydrogens (tertiary/aromatic N) is 1. The van der Waals surface area contributed by atoms with Gasteiger partial charge in [0.15, 0.2) is 0 Å². The van der Waals surface area contributed by atoms with Crippen molar-refractivity contribution >= 4 is 17.7 Å². The summed E-state index contributed by atoms with van der Waals surface area (Å²) >= 11 is 0. The van der Waals surface area contributed by atoms with Crippen LogP contribution in [0.4, 0.5) is 8.78 Å². The second-order valence-corrected chi connectivity index (χ2v) is 7.07. The SMILES string of the molecule is O=C(NCCCNC(=O)[C@H]1CCCN1C(=O)c1cccc(F)c1)c1ccc(F)cc1. The van der Waals surface area contributed by atoms with Gasteiger partial charge in [-0.15, -0.1) is 0 Å². The average molecular weight is 415 g/mol. The predicted molar refractivity (Wildman–Crippen MR) is 107 cm³/mol. The zero-order valence-electron chi connectivity index (χ0n) is 16.4. The number of rotatable bonds is 7. The maximum absolute atomic E-state index is 13.4. The molecule has 2 aromatic rings. The molecule has 0 aromatic heterocycles. The molecular weight excluding hydrogens is 392 g/mol. The number of nitrogens with one attached hydrogen (secondary N) is 2. The Labute approximate surface area is 173 Å². The topological polar surface area (TPSA) is 78.5 Å². The van der Waals surface area contributed by atoms with Gasteiger partial charge in [-0.1, -0.05) is 6.07 Å². The maximum Gasteiger partial charge on any atom is 0.254 e. The van der Waals surface area contributed by atoms with Crippen molar-refractivity contribution in [3.63, 3.8) is 0 Å². The van der Waals surface area contributed by atoms with E-state index in [2.05, 4.69) is 10.6 Å². The van der Waals surface area contributed by atoms with Crippen LogP contribution in [0.2, 0.25) is 0 Å². The number of hydrogen-bond acceptors (Lipinski definition) is 3. The molecule has 1 heterocycles. The monoisotopic (exact) mass is 415 g/mol. The highest BCUT2D eigenvalue weighted by atomic mass is 19.1. The molecule has 2 N–H and O–H groups in total. The number of halogens is 2. The van der Waals surface area contributed by atoms with E-state index in [4.69, 9.17) is 0 Å². The van der Waals surface area contributed by atoms with Crippen LogP contribution < -0.4 is 10.6 Å². The van der Waals surface area contributed by atoms with Gasteiger partial charge in [0.1, 0.15) is 17.7 Å². The Morgan fingerprint density at radius 1 is 0.933 bits per heavy atom. The van der Waals surface area contributed by atoms with Crippen LogP contribution in [-0.2, 0) is 4.79 Å². The summed E-state index contributed by atoms with van der Waals surface area (Å²) < 4.78 is 26.3. The van der Waals surface area contributed by atoms with Gasteiger partial charge in [-0.25, -0.2) is 8.78 Å². The molecule has 6 nitrogen and oxygen atoms in total. The largest absolute Gasteiger partial charge is 0.354 e. The molecule has 2 aromatic carbocycles. The smallest absolute Gasteiger partial charge is 0.254 e. The van der Waals surface area contributed by atoms with Crippen LogP contribution in [0.3, 0.4) is 0 Å². The summed E-state index contributed by atoms with van der Waals surface area (Å²) in [5, 5.41) is 5.49. The van der Waals surface area contributed by atoms with Crippen molar-refractivity contribution in [3.05, 3.63) is 71.3 Å². The quantitative estimate of drug-likeness (QED) is 0.682. The number of likely N-dealkylation sites (tertiary alicyclic amines) is 1. The molecule has 1 saturated heterocycles. The van der Waals surface area contributed by atoms with E-state index in [-0.39, 0.29) is 23.3 Å². The second-order valence-electron chi connectivity index (χ2n) is 7.07. The molecule has 30 heavy (non-hydrogen) atoms. The number of benzene rings is 2. The molecule has 3 amide bonds. The minimum Gasteiger partial charge on any atom is -0.354 e. The molecule has 8 heteroatoms. The molecule has 3 rings (SSSR count). The van der Waals surface area contributed by atoms with Crippen molar-refractivity contribution in [3.8, 4) is 0 Å². The molecule has 1 aliphatic rings. The lowest BCUT2D eigenvalue weighted by Gasteiger charge is -2.24. The third kappa shape index (κ3) is 5.40. The third-order valence-electron chi connectivity index (χ3n) is 4.93. The molecule has 0 saturated carbocycles. The van der Waals surface area contributed by atoms with Crippen LogP contribution in [0.25, 0.3) is 0 Å². The molecule has 0 aliphatic carbocycles. The molecule has 1 aliphatic heterocycles. The summed E-state index contributed by atoms with van der Waals surface area (Å²) in [4.78, 5) is 38.6. The lowest BCUT2D eigenvalue weighted by molar-refractivity contribution is -0.124. The fourth-order valence-electron chi connectivity index (χ4n) is 3.39. The molecule has 0 spiro atoms. The number of carbonyl (C=O) groups is 3. The first-order valence-electron chi connectivity index (χ1n) is 9.84. The summed E-state index contributed by atoms with van der Waals surface area (Å²) in [7, 11) is 0. The van der Waals surface area contributed by atoms with Crippen LogP contribution in [0, 0.1) is 11.6 Å². The van der Waals surface area contributed by atoms with Gasteiger partial charge < -0.3 is 15.5 Å². The fraction of sp³-hybridized carbons (Fsp3) is 0.318. The molecular formula is C22H23F2N3O3.